The molecule has 0 unspecified atom stereocenters. The molecule has 4 rings (SSSR count). The molecule has 1 aliphatic heterocycles. The quantitative estimate of drug-likeness (QED) is 0.369. The molecule has 1 amide bonds. The number of halogens is 2. The van der Waals surface area contributed by atoms with Gasteiger partial charge in [-0.05, 0) is 42.0 Å². The minimum Gasteiger partial charge on any atom is -0.395 e. The Balaban J connectivity index is 1.56. The Bertz CT molecular complexity index is 1230. The van der Waals surface area contributed by atoms with Gasteiger partial charge in [0.25, 0.3) is 5.91 Å². The van der Waals surface area contributed by atoms with Gasteiger partial charge in [0.2, 0.25) is 0 Å². The topological polar surface area (TPSA) is 100 Å². The van der Waals surface area contributed by atoms with E-state index in [0.717, 1.165) is 11.3 Å². The van der Waals surface area contributed by atoms with E-state index < -0.39 is 6.10 Å². The summed E-state index contributed by atoms with van der Waals surface area (Å²) in [5.74, 6) is -0.206. The minimum atomic E-state index is -0.725. The second-order valence-electron chi connectivity index (χ2n) is 9.39. The fraction of sp³-hybridized carbons (Fsp3) is 0.357. The van der Waals surface area contributed by atoms with E-state index in [2.05, 4.69) is 14.8 Å². The number of hydrogen-bond donors (Lipinski definition) is 3. The molecule has 0 bridgehead atoms. The highest BCUT2D eigenvalue weighted by Crippen LogP contribution is 2.36. The predicted octanol–water partition coefficient (Wildman–Crippen LogP) is 3.54. The van der Waals surface area contributed by atoms with Crippen molar-refractivity contribution in [1.82, 2.24) is 14.8 Å². The Morgan fingerprint density at radius 3 is 2.50 bits per heavy atom. The molecule has 2 aromatic carbocycles. The number of anilines is 1. The van der Waals surface area contributed by atoms with E-state index in [-0.39, 0.29) is 31.7 Å². The highest BCUT2D eigenvalue weighted by molar-refractivity contribution is 6.33. The zero-order chi connectivity index (χ0) is 27.2. The third kappa shape index (κ3) is 6.64. The van der Waals surface area contributed by atoms with E-state index in [9.17, 15) is 15.0 Å². The smallest absolute Gasteiger partial charge is 0.253 e. The molecule has 1 aliphatic rings. The van der Waals surface area contributed by atoms with E-state index >= 15 is 0 Å². The van der Waals surface area contributed by atoms with E-state index in [4.69, 9.17) is 28.3 Å². The Kier molecular flexibility index (Phi) is 9.59. The van der Waals surface area contributed by atoms with Crippen molar-refractivity contribution in [2.75, 3.05) is 51.3 Å². The van der Waals surface area contributed by atoms with Gasteiger partial charge in [0, 0.05) is 62.1 Å². The van der Waals surface area contributed by atoms with Gasteiger partial charge in [-0.1, -0.05) is 41.4 Å². The second kappa shape index (κ2) is 12.9. The van der Waals surface area contributed by atoms with Gasteiger partial charge >= 0.3 is 0 Å². The Morgan fingerprint density at radius 2 is 1.87 bits per heavy atom. The van der Waals surface area contributed by atoms with Crippen LogP contribution in [0.1, 0.15) is 39.3 Å². The first-order chi connectivity index (χ1) is 18.3. The summed E-state index contributed by atoms with van der Waals surface area (Å²) in [6, 6.07) is 16.4. The van der Waals surface area contributed by atoms with Crippen LogP contribution in [0.3, 0.4) is 0 Å². The number of benzene rings is 2. The van der Waals surface area contributed by atoms with E-state index in [1.807, 2.05) is 30.3 Å². The van der Waals surface area contributed by atoms with Crippen LogP contribution in [0.5, 0.6) is 0 Å². The van der Waals surface area contributed by atoms with Crippen molar-refractivity contribution in [3.05, 3.63) is 93.2 Å². The number of piperazine rings is 1. The fourth-order valence-corrected chi connectivity index (χ4v) is 5.10. The highest BCUT2D eigenvalue weighted by Gasteiger charge is 2.31. The summed E-state index contributed by atoms with van der Waals surface area (Å²) in [6.07, 6.45) is 0.876. The summed E-state index contributed by atoms with van der Waals surface area (Å²) in [7, 11) is 1.64. The lowest BCUT2D eigenvalue weighted by Crippen LogP contribution is -2.49. The number of rotatable bonds is 9. The Morgan fingerprint density at radius 1 is 1.11 bits per heavy atom. The largest absolute Gasteiger partial charge is 0.395 e. The average Bonchev–Trinajstić information content (AvgIpc) is 2.93. The van der Waals surface area contributed by atoms with Crippen molar-refractivity contribution in [2.24, 2.45) is 0 Å². The molecule has 202 valence electrons. The molecule has 3 N–H and O–H groups in total. The monoisotopic (exact) mass is 558 g/mol. The van der Waals surface area contributed by atoms with Gasteiger partial charge in [-0.2, -0.15) is 0 Å². The van der Waals surface area contributed by atoms with Crippen LogP contribution in [-0.2, 0) is 6.61 Å². The number of amides is 1. The molecule has 1 aromatic heterocycles. The van der Waals surface area contributed by atoms with Crippen molar-refractivity contribution in [3.63, 3.8) is 0 Å². The first-order valence-corrected chi connectivity index (χ1v) is 13.2. The van der Waals surface area contributed by atoms with Crippen LogP contribution in [0.25, 0.3) is 0 Å². The maximum atomic E-state index is 12.7. The van der Waals surface area contributed by atoms with Crippen LogP contribution in [0, 0.1) is 0 Å². The van der Waals surface area contributed by atoms with Crippen molar-refractivity contribution in [2.45, 2.75) is 18.8 Å². The zero-order valence-electron chi connectivity index (χ0n) is 21.2. The van der Waals surface area contributed by atoms with Gasteiger partial charge in [0.15, 0.2) is 0 Å². The summed E-state index contributed by atoms with van der Waals surface area (Å²) >= 11 is 12.9. The molecule has 2 atom stereocenters. The third-order valence-electron chi connectivity index (χ3n) is 6.83. The Labute approximate surface area is 232 Å². The SMILES string of the molecule is CN(CCO)C(=O)c1ccc(N2CCN(C[C@@H](O)c3ccc(CO)nc3)C[C@H]2c2ccc(Cl)cc2)c(Cl)c1. The number of aliphatic hydroxyl groups is 3. The van der Waals surface area contributed by atoms with Crippen LogP contribution >= 0.6 is 23.2 Å². The van der Waals surface area contributed by atoms with Gasteiger partial charge in [-0.25, -0.2) is 0 Å². The molecule has 10 heteroatoms. The highest BCUT2D eigenvalue weighted by atomic mass is 35.5. The molecule has 38 heavy (non-hydrogen) atoms. The molecule has 0 saturated carbocycles. The summed E-state index contributed by atoms with van der Waals surface area (Å²) in [4.78, 5) is 22.7. The summed E-state index contributed by atoms with van der Waals surface area (Å²) < 4.78 is 0. The average molecular weight is 559 g/mol. The molecule has 1 fully saturated rings. The van der Waals surface area contributed by atoms with Gasteiger partial charge in [0.1, 0.15) is 0 Å². The normalized spacial score (nSPS) is 16.9. The van der Waals surface area contributed by atoms with Gasteiger partial charge in [-0.3, -0.25) is 14.7 Å². The van der Waals surface area contributed by atoms with E-state index in [0.29, 0.717) is 53.0 Å². The second-order valence-corrected chi connectivity index (χ2v) is 10.2. The molecule has 2 heterocycles. The van der Waals surface area contributed by atoms with Gasteiger partial charge in [-0.15, -0.1) is 0 Å². The van der Waals surface area contributed by atoms with Crippen LogP contribution in [0.2, 0.25) is 10.0 Å². The number of carbonyl (C=O) groups is 1. The van der Waals surface area contributed by atoms with E-state index in [1.165, 1.54) is 4.90 Å². The fourth-order valence-electron chi connectivity index (χ4n) is 4.69. The number of pyridine rings is 1. The first kappa shape index (κ1) is 28.3. The summed E-state index contributed by atoms with van der Waals surface area (Å²) in [5, 5.41) is 30.4. The van der Waals surface area contributed by atoms with Crippen LogP contribution in [0.4, 0.5) is 5.69 Å². The first-order valence-electron chi connectivity index (χ1n) is 12.4. The molecule has 0 aliphatic carbocycles. The summed E-state index contributed by atoms with van der Waals surface area (Å²) in [5.41, 5.74) is 3.59. The molecule has 8 nitrogen and oxygen atoms in total. The third-order valence-corrected chi connectivity index (χ3v) is 7.39. The lowest BCUT2D eigenvalue weighted by molar-refractivity contribution is 0.0767. The molecule has 3 aromatic rings. The predicted molar refractivity (Wildman–Crippen MR) is 149 cm³/mol. The van der Waals surface area contributed by atoms with Crippen LogP contribution < -0.4 is 4.90 Å². The lowest BCUT2D eigenvalue weighted by Gasteiger charge is -2.44. The molecular weight excluding hydrogens is 527 g/mol. The van der Waals surface area contributed by atoms with Crippen molar-refractivity contribution in [1.29, 1.82) is 0 Å². The summed E-state index contributed by atoms with van der Waals surface area (Å²) in [6.45, 7) is 2.40. The molecular formula is C28H32Cl2N4O4. The standard InChI is InChI=1S/C28H32Cl2N4O4/c1-32(12-13-35)28(38)20-5-9-25(24(30)14-20)34-11-10-33(16-26(34)19-2-6-22(29)7-3-19)17-27(37)21-4-8-23(18-36)31-15-21/h2-9,14-15,26-27,35-37H,10-13,16-18H2,1H3/t26-,27+/m0/s1. The van der Waals surface area contributed by atoms with Crippen molar-refractivity contribution < 1.29 is 20.1 Å². The number of aromatic nitrogens is 1. The number of β-amino-alcohol motifs (C(OH)–C–C–N with tert-alkyl or cyclic N) is 1. The van der Waals surface area contributed by atoms with Gasteiger partial charge in [0.05, 0.1) is 41.8 Å². The molecule has 1 saturated heterocycles. The number of nitrogens with zero attached hydrogens (tertiary/aromatic N) is 4. The number of carbonyl (C=O) groups excluding carboxylic acids is 1. The van der Waals surface area contributed by atoms with Gasteiger partial charge < -0.3 is 25.1 Å². The molecule has 0 spiro atoms. The lowest BCUT2D eigenvalue weighted by atomic mass is 10.00. The minimum absolute atomic E-state index is 0.0702. The number of aliphatic hydroxyl groups excluding tert-OH is 3. The van der Waals surface area contributed by atoms with Crippen LogP contribution in [-0.4, -0.2) is 82.4 Å². The molecule has 0 radical (unpaired) electrons. The van der Waals surface area contributed by atoms with E-state index in [1.54, 1.807) is 37.5 Å². The van der Waals surface area contributed by atoms with Crippen LogP contribution in [0.15, 0.2) is 60.8 Å². The maximum Gasteiger partial charge on any atom is 0.253 e. The van der Waals surface area contributed by atoms with Crippen molar-refractivity contribution in [3.8, 4) is 0 Å². The maximum absolute atomic E-state index is 12.7. The zero-order valence-corrected chi connectivity index (χ0v) is 22.7. The number of likely N-dealkylation sites (N-methyl/N-ethyl adjacent to an activating group) is 1. The Hall–Kier alpha value is -2.72. The van der Waals surface area contributed by atoms with Crippen molar-refractivity contribution >= 4 is 34.8 Å². The number of hydrogen-bond acceptors (Lipinski definition) is 7.